The molecule has 1 unspecified atom stereocenters. The summed E-state index contributed by atoms with van der Waals surface area (Å²) in [5.41, 5.74) is 0. The molecular weight excluding hydrogens is 305 g/mol. The average Bonchev–Trinajstić information content (AvgIpc) is 2.27. The number of hydrogen-bond acceptors (Lipinski definition) is 2. The van der Waals surface area contributed by atoms with Crippen molar-refractivity contribution >= 4 is 33.4 Å². The predicted molar refractivity (Wildman–Crippen MR) is 73.0 cm³/mol. The molecule has 5 heteroatoms. The molecule has 0 heterocycles. The van der Waals surface area contributed by atoms with E-state index in [1.54, 1.807) is 36.2 Å². The van der Waals surface area contributed by atoms with Gasteiger partial charge in [-0.05, 0) is 24.3 Å². The van der Waals surface area contributed by atoms with Gasteiger partial charge in [-0.2, -0.15) is 0 Å². The molecule has 0 saturated heterocycles. The van der Waals surface area contributed by atoms with Crippen LogP contribution in [0.5, 0.6) is 5.75 Å². The number of benzene rings is 1. The van der Waals surface area contributed by atoms with Crippen LogP contribution in [0.15, 0.2) is 24.3 Å². The molecule has 0 aliphatic carbocycles. The number of nitrogens with zero attached hydrogens (tertiary/aromatic N) is 1. The minimum Gasteiger partial charge on any atom is -0.484 e. The van der Waals surface area contributed by atoms with E-state index >= 15 is 0 Å². The maximum atomic E-state index is 11.7. The van der Waals surface area contributed by atoms with Crippen LogP contribution >= 0.6 is 27.5 Å². The van der Waals surface area contributed by atoms with Gasteiger partial charge < -0.3 is 9.64 Å². The predicted octanol–water partition coefficient (Wildman–Crippen LogP) is 2.96. The normalized spacial score (nSPS) is 12.0. The third kappa shape index (κ3) is 5.41. The Morgan fingerprint density at radius 2 is 2.06 bits per heavy atom. The zero-order valence-corrected chi connectivity index (χ0v) is 12.2. The number of ether oxygens (including phenoxy) is 1. The van der Waals surface area contributed by atoms with Crippen LogP contribution in [-0.4, -0.2) is 35.8 Å². The fourth-order valence-corrected chi connectivity index (χ4v) is 1.83. The Hall–Kier alpha value is -0.740. The van der Waals surface area contributed by atoms with Crippen molar-refractivity contribution < 1.29 is 9.53 Å². The van der Waals surface area contributed by atoms with E-state index in [1.807, 2.05) is 6.92 Å². The van der Waals surface area contributed by atoms with Crippen molar-refractivity contribution in [2.45, 2.75) is 11.8 Å². The average molecular weight is 321 g/mol. The van der Waals surface area contributed by atoms with Crippen molar-refractivity contribution in [2.24, 2.45) is 0 Å². The molecule has 0 spiro atoms. The lowest BCUT2D eigenvalue weighted by Gasteiger charge is -2.18. The first-order chi connectivity index (χ1) is 7.99. The largest absolute Gasteiger partial charge is 0.484 e. The molecule has 0 aromatic heterocycles. The van der Waals surface area contributed by atoms with Gasteiger partial charge in [-0.1, -0.05) is 34.5 Å². The SMILES string of the molecule is CC(Br)CN(C)C(=O)COc1ccc(Cl)cc1. The molecule has 1 aromatic carbocycles. The van der Waals surface area contributed by atoms with Crippen molar-refractivity contribution in [1.29, 1.82) is 0 Å². The summed E-state index contributed by atoms with van der Waals surface area (Å²) in [6, 6.07) is 6.93. The first-order valence-corrected chi connectivity index (χ1v) is 6.55. The number of amides is 1. The summed E-state index contributed by atoms with van der Waals surface area (Å²) in [5.74, 6) is 0.592. The van der Waals surface area contributed by atoms with E-state index in [2.05, 4.69) is 15.9 Å². The van der Waals surface area contributed by atoms with E-state index in [0.717, 1.165) is 0 Å². The molecule has 0 bridgehead atoms. The van der Waals surface area contributed by atoms with Gasteiger partial charge in [0.05, 0.1) is 0 Å². The molecule has 17 heavy (non-hydrogen) atoms. The molecule has 94 valence electrons. The van der Waals surface area contributed by atoms with Gasteiger partial charge >= 0.3 is 0 Å². The minimum atomic E-state index is -0.0498. The standard InChI is InChI=1S/C12H15BrClNO2/c1-9(13)7-15(2)12(16)8-17-11-5-3-10(14)4-6-11/h3-6,9H,7-8H2,1-2H3. The van der Waals surface area contributed by atoms with E-state index < -0.39 is 0 Å². The highest BCUT2D eigenvalue weighted by Crippen LogP contribution is 2.15. The van der Waals surface area contributed by atoms with Crippen LogP contribution in [0.1, 0.15) is 6.92 Å². The molecule has 0 radical (unpaired) electrons. The van der Waals surface area contributed by atoms with Crippen molar-refractivity contribution in [3.63, 3.8) is 0 Å². The summed E-state index contributed by atoms with van der Waals surface area (Å²) in [4.78, 5) is 13.6. The lowest BCUT2D eigenvalue weighted by Crippen LogP contribution is -2.34. The Labute approximate surface area is 115 Å². The fraction of sp³-hybridized carbons (Fsp3) is 0.417. The second-order valence-electron chi connectivity index (χ2n) is 3.80. The lowest BCUT2D eigenvalue weighted by atomic mass is 10.3. The third-order valence-corrected chi connectivity index (χ3v) is 2.67. The highest BCUT2D eigenvalue weighted by atomic mass is 79.9. The van der Waals surface area contributed by atoms with E-state index in [1.165, 1.54) is 0 Å². The van der Waals surface area contributed by atoms with Gasteiger partial charge in [-0.25, -0.2) is 0 Å². The number of rotatable bonds is 5. The van der Waals surface area contributed by atoms with Crippen LogP contribution in [0, 0.1) is 0 Å². The summed E-state index contributed by atoms with van der Waals surface area (Å²) < 4.78 is 5.36. The summed E-state index contributed by atoms with van der Waals surface area (Å²) in [7, 11) is 1.76. The number of alkyl halides is 1. The number of halogens is 2. The molecule has 0 aliphatic rings. The van der Waals surface area contributed by atoms with Crippen molar-refractivity contribution in [3.05, 3.63) is 29.3 Å². The number of carbonyl (C=O) groups is 1. The summed E-state index contributed by atoms with van der Waals surface area (Å²) in [6.07, 6.45) is 0. The zero-order valence-electron chi connectivity index (χ0n) is 9.82. The van der Waals surface area contributed by atoms with Gasteiger partial charge in [0.15, 0.2) is 6.61 Å². The molecule has 0 aliphatic heterocycles. The molecular formula is C12H15BrClNO2. The lowest BCUT2D eigenvalue weighted by molar-refractivity contribution is -0.132. The molecule has 0 N–H and O–H groups in total. The molecule has 0 saturated carbocycles. The van der Waals surface area contributed by atoms with Crippen LogP contribution in [0.2, 0.25) is 5.02 Å². The van der Waals surface area contributed by atoms with Crippen LogP contribution in [0.4, 0.5) is 0 Å². The maximum absolute atomic E-state index is 11.7. The van der Waals surface area contributed by atoms with Crippen LogP contribution in [0.25, 0.3) is 0 Å². The first kappa shape index (κ1) is 14.3. The van der Waals surface area contributed by atoms with Crippen molar-refractivity contribution in [2.75, 3.05) is 20.2 Å². The molecule has 3 nitrogen and oxygen atoms in total. The fourth-order valence-electron chi connectivity index (χ4n) is 1.27. The first-order valence-electron chi connectivity index (χ1n) is 5.25. The van der Waals surface area contributed by atoms with Gasteiger partial charge in [-0.15, -0.1) is 0 Å². The topological polar surface area (TPSA) is 29.5 Å². The van der Waals surface area contributed by atoms with Gasteiger partial charge in [0.2, 0.25) is 0 Å². The highest BCUT2D eigenvalue weighted by molar-refractivity contribution is 9.09. The molecule has 1 amide bonds. The van der Waals surface area contributed by atoms with E-state index in [0.29, 0.717) is 17.3 Å². The Morgan fingerprint density at radius 3 is 2.59 bits per heavy atom. The molecule has 1 rings (SSSR count). The highest BCUT2D eigenvalue weighted by Gasteiger charge is 2.11. The molecule has 0 fully saturated rings. The second kappa shape index (κ2) is 6.87. The third-order valence-electron chi connectivity index (χ3n) is 2.13. The molecule has 1 aromatic rings. The second-order valence-corrected chi connectivity index (χ2v) is 5.80. The summed E-state index contributed by atoms with van der Waals surface area (Å²) in [5, 5.41) is 0.647. The van der Waals surface area contributed by atoms with Gasteiger partial charge in [0, 0.05) is 23.4 Å². The van der Waals surface area contributed by atoms with Crippen LogP contribution < -0.4 is 4.74 Å². The maximum Gasteiger partial charge on any atom is 0.260 e. The monoisotopic (exact) mass is 319 g/mol. The smallest absolute Gasteiger partial charge is 0.260 e. The number of carbonyl (C=O) groups excluding carboxylic acids is 1. The summed E-state index contributed by atoms with van der Waals surface area (Å²) >= 11 is 9.14. The van der Waals surface area contributed by atoms with Gasteiger partial charge in [-0.3, -0.25) is 4.79 Å². The summed E-state index contributed by atoms with van der Waals surface area (Å²) in [6.45, 7) is 2.69. The van der Waals surface area contributed by atoms with E-state index in [9.17, 15) is 4.79 Å². The number of likely N-dealkylation sites (N-methyl/N-ethyl adjacent to an activating group) is 1. The number of hydrogen-bond donors (Lipinski definition) is 0. The molecule has 1 atom stereocenters. The van der Waals surface area contributed by atoms with E-state index in [4.69, 9.17) is 16.3 Å². The van der Waals surface area contributed by atoms with Crippen molar-refractivity contribution in [1.82, 2.24) is 4.90 Å². The Kier molecular flexibility index (Phi) is 5.78. The Bertz CT molecular complexity index is 367. The zero-order chi connectivity index (χ0) is 12.8. The van der Waals surface area contributed by atoms with Gasteiger partial charge in [0.25, 0.3) is 5.91 Å². The van der Waals surface area contributed by atoms with Crippen LogP contribution in [-0.2, 0) is 4.79 Å². The quantitative estimate of drug-likeness (QED) is 0.781. The minimum absolute atomic E-state index is 0.0395. The Balaban J connectivity index is 2.40. The van der Waals surface area contributed by atoms with Gasteiger partial charge in [0.1, 0.15) is 5.75 Å². The van der Waals surface area contributed by atoms with E-state index in [-0.39, 0.29) is 17.3 Å². The van der Waals surface area contributed by atoms with Crippen molar-refractivity contribution in [3.8, 4) is 5.75 Å². The van der Waals surface area contributed by atoms with Crippen LogP contribution in [0.3, 0.4) is 0 Å². The Morgan fingerprint density at radius 1 is 1.47 bits per heavy atom.